The monoisotopic (exact) mass is 500 g/mol. The molecule has 0 aromatic heterocycles. The van der Waals surface area contributed by atoms with Gasteiger partial charge in [0.2, 0.25) is 17.7 Å². The fraction of sp³-hybridized carbons (Fsp3) is 0.700. The van der Waals surface area contributed by atoms with Gasteiger partial charge in [-0.05, 0) is 31.6 Å². The van der Waals surface area contributed by atoms with Crippen LogP contribution < -0.4 is 44.6 Å². The molecule has 0 fully saturated rings. The molecule has 0 rings (SSSR count). The molecule has 0 aliphatic rings. The second kappa shape index (κ2) is 16.9. The molecule has 0 aliphatic heterocycles. The van der Waals surface area contributed by atoms with Gasteiger partial charge in [-0.3, -0.25) is 24.4 Å². The number of rotatable bonds is 17. The van der Waals surface area contributed by atoms with Crippen LogP contribution in [0.3, 0.4) is 0 Å². The maximum Gasteiger partial charge on any atom is 0.326 e. The summed E-state index contributed by atoms with van der Waals surface area (Å²) in [5.41, 5.74) is 26.8. The fourth-order valence-electron chi connectivity index (χ4n) is 2.90. The van der Waals surface area contributed by atoms with Crippen molar-refractivity contribution in [1.82, 2.24) is 16.0 Å². The van der Waals surface area contributed by atoms with E-state index in [1.807, 2.05) is 6.92 Å². The molecule has 0 aromatic carbocycles. The smallest absolute Gasteiger partial charge is 0.326 e. The van der Waals surface area contributed by atoms with E-state index in [0.717, 1.165) is 0 Å². The van der Waals surface area contributed by atoms with E-state index in [1.54, 1.807) is 6.92 Å². The summed E-state index contributed by atoms with van der Waals surface area (Å²) in [7, 11) is 0. The van der Waals surface area contributed by atoms with Crippen LogP contribution in [0.2, 0.25) is 0 Å². The predicted octanol–water partition coefficient (Wildman–Crippen LogP) is -3.36. The van der Waals surface area contributed by atoms with Gasteiger partial charge >= 0.3 is 5.97 Å². The van der Waals surface area contributed by atoms with Crippen LogP contribution in [-0.4, -0.2) is 78.5 Å². The first-order valence-corrected chi connectivity index (χ1v) is 11.4. The SMILES string of the molecule is CCC(C)C(NC(=O)C(N)CCCN=C(N)N)C(=O)NCC(=O)NC(CCCN=C(N)N)C(=O)O. The van der Waals surface area contributed by atoms with Crippen molar-refractivity contribution in [2.24, 2.45) is 44.6 Å². The molecule has 200 valence electrons. The number of amides is 3. The zero-order valence-corrected chi connectivity index (χ0v) is 20.3. The first kappa shape index (κ1) is 31.4. The van der Waals surface area contributed by atoms with Crippen molar-refractivity contribution in [1.29, 1.82) is 0 Å². The third-order valence-electron chi connectivity index (χ3n) is 5.10. The summed E-state index contributed by atoms with van der Waals surface area (Å²) in [5.74, 6) is -3.45. The zero-order chi connectivity index (χ0) is 27.0. The minimum atomic E-state index is -1.23. The molecule has 0 aliphatic carbocycles. The van der Waals surface area contributed by atoms with Crippen molar-refractivity contribution in [3.63, 3.8) is 0 Å². The van der Waals surface area contributed by atoms with Crippen molar-refractivity contribution >= 4 is 35.6 Å². The molecular formula is C20H40N10O5. The number of carbonyl (C=O) groups excluding carboxylic acids is 3. The highest BCUT2D eigenvalue weighted by atomic mass is 16.4. The number of aliphatic imine (C=N–C) groups is 2. The van der Waals surface area contributed by atoms with Gasteiger partial charge in [-0.1, -0.05) is 20.3 Å². The van der Waals surface area contributed by atoms with Gasteiger partial charge in [0.25, 0.3) is 0 Å². The number of hydrogen-bond donors (Lipinski definition) is 9. The third kappa shape index (κ3) is 14.3. The fourth-order valence-corrected chi connectivity index (χ4v) is 2.90. The van der Waals surface area contributed by atoms with Gasteiger partial charge in [-0.25, -0.2) is 4.79 Å². The number of nitrogens with zero attached hydrogens (tertiary/aromatic N) is 2. The molecule has 0 heterocycles. The molecule has 35 heavy (non-hydrogen) atoms. The molecule has 0 spiro atoms. The molecule has 0 saturated carbocycles. The van der Waals surface area contributed by atoms with Crippen LogP contribution >= 0.6 is 0 Å². The van der Waals surface area contributed by atoms with E-state index in [2.05, 4.69) is 25.9 Å². The Morgan fingerprint density at radius 2 is 1.43 bits per heavy atom. The summed E-state index contributed by atoms with van der Waals surface area (Å²) in [5, 5.41) is 16.7. The Labute approximate surface area is 204 Å². The molecule has 15 nitrogen and oxygen atoms in total. The summed E-state index contributed by atoms with van der Waals surface area (Å²) in [4.78, 5) is 56.3. The Kier molecular flexibility index (Phi) is 15.2. The molecule has 4 atom stereocenters. The van der Waals surface area contributed by atoms with Gasteiger partial charge in [0.05, 0.1) is 12.6 Å². The highest BCUT2D eigenvalue weighted by molar-refractivity contribution is 5.92. The first-order valence-electron chi connectivity index (χ1n) is 11.4. The topological polar surface area (TPSA) is 279 Å². The van der Waals surface area contributed by atoms with Gasteiger partial charge in [-0.15, -0.1) is 0 Å². The summed E-state index contributed by atoms with van der Waals surface area (Å²) >= 11 is 0. The average Bonchev–Trinajstić information content (AvgIpc) is 2.79. The minimum absolute atomic E-state index is 0.0545. The molecule has 0 saturated heterocycles. The number of hydrogen-bond acceptors (Lipinski definition) is 7. The van der Waals surface area contributed by atoms with Gasteiger partial charge in [0.1, 0.15) is 12.1 Å². The van der Waals surface area contributed by atoms with Crippen LogP contribution in [0.25, 0.3) is 0 Å². The molecule has 0 bridgehead atoms. The van der Waals surface area contributed by atoms with E-state index < -0.39 is 48.4 Å². The highest BCUT2D eigenvalue weighted by Crippen LogP contribution is 2.09. The van der Waals surface area contributed by atoms with Crippen molar-refractivity contribution < 1.29 is 24.3 Å². The normalized spacial score (nSPS) is 13.9. The van der Waals surface area contributed by atoms with Crippen molar-refractivity contribution in [2.45, 2.75) is 64.1 Å². The summed E-state index contributed by atoms with van der Waals surface area (Å²) in [6, 6.07) is -2.98. The first-order chi connectivity index (χ1) is 16.4. The van der Waals surface area contributed by atoms with Crippen LogP contribution in [0.5, 0.6) is 0 Å². The van der Waals surface area contributed by atoms with E-state index in [1.165, 1.54) is 0 Å². The minimum Gasteiger partial charge on any atom is -0.480 e. The second-order valence-corrected chi connectivity index (χ2v) is 8.05. The maximum atomic E-state index is 12.7. The number of aliphatic carboxylic acids is 1. The van der Waals surface area contributed by atoms with Gasteiger partial charge in [0, 0.05) is 13.1 Å². The highest BCUT2D eigenvalue weighted by Gasteiger charge is 2.28. The van der Waals surface area contributed by atoms with Crippen molar-refractivity contribution in [2.75, 3.05) is 19.6 Å². The molecule has 4 unspecified atom stereocenters. The number of nitrogens with two attached hydrogens (primary N) is 5. The quantitative estimate of drug-likeness (QED) is 0.0543. The van der Waals surface area contributed by atoms with Crippen LogP contribution in [0.15, 0.2) is 9.98 Å². The summed E-state index contributed by atoms with van der Waals surface area (Å²) < 4.78 is 0. The average molecular weight is 501 g/mol. The second-order valence-electron chi connectivity index (χ2n) is 8.05. The lowest BCUT2D eigenvalue weighted by molar-refractivity contribution is -0.142. The number of nitrogens with one attached hydrogen (secondary N) is 3. The molecule has 15 heteroatoms. The van der Waals surface area contributed by atoms with E-state index in [-0.39, 0.29) is 30.8 Å². The van der Waals surface area contributed by atoms with Gasteiger partial charge in [-0.2, -0.15) is 0 Å². The van der Waals surface area contributed by atoms with E-state index in [0.29, 0.717) is 32.2 Å². The Morgan fingerprint density at radius 3 is 1.91 bits per heavy atom. The number of carboxylic acid groups (broad SMARTS) is 1. The van der Waals surface area contributed by atoms with Crippen LogP contribution in [0.4, 0.5) is 0 Å². The van der Waals surface area contributed by atoms with E-state index >= 15 is 0 Å². The standard InChI is InChI=1S/C20H40N10O5/c1-3-11(2)15(30-16(32)12(21)6-4-8-26-19(22)23)17(33)28-10-14(31)29-13(18(34)35)7-5-9-27-20(24)25/h11-13,15H,3-10,21H2,1-2H3,(H,28,33)(H,29,31)(H,30,32)(H,34,35)(H4,22,23,26)(H4,24,25,27). The van der Waals surface area contributed by atoms with Gasteiger partial charge in [0.15, 0.2) is 11.9 Å². The molecule has 14 N–H and O–H groups in total. The summed E-state index contributed by atoms with van der Waals surface area (Å²) in [6.45, 7) is 3.68. The Balaban J connectivity index is 4.82. The Bertz CT molecular complexity index is 765. The third-order valence-corrected chi connectivity index (χ3v) is 5.10. The Hall–Kier alpha value is -3.62. The van der Waals surface area contributed by atoms with Crippen LogP contribution in [-0.2, 0) is 19.2 Å². The number of carboxylic acids is 1. The number of carbonyl (C=O) groups is 4. The lowest BCUT2D eigenvalue weighted by Gasteiger charge is -2.25. The molecule has 0 radical (unpaired) electrons. The molecule has 0 aromatic rings. The van der Waals surface area contributed by atoms with Crippen LogP contribution in [0, 0.1) is 5.92 Å². The zero-order valence-electron chi connectivity index (χ0n) is 20.3. The van der Waals surface area contributed by atoms with Crippen molar-refractivity contribution in [3.8, 4) is 0 Å². The molecule has 3 amide bonds. The molecular weight excluding hydrogens is 460 g/mol. The lowest BCUT2D eigenvalue weighted by Crippen LogP contribution is -2.55. The predicted molar refractivity (Wildman–Crippen MR) is 132 cm³/mol. The Morgan fingerprint density at radius 1 is 0.886 bits per heavy atom. The van der Waals surface area contributed by atoms with Gasteiger partial charge < -0.3 is 49.7 Å². The van der Waals surface area contributed by atoms with E-state index in [4.69, 9.17) is 28.7 Å². The van der Waals surface area contributed by atoms with E-state index in [9.17, 15) is 24.3 Å². The lowest BCUT2D eigenvalue weighted by atomic mass is 9.97. The van der Waals surface area contributed by atoms with Crippen LogP contribution in [0.1, 0.15) is 46.0 Å². The number of guanidine groups is 2. The van der Waals surface area contributed by atoms with Crippen molar-refractivity contribution in [3.05, 3.63) is 0 Å². The largest absolute Gasteiger partial charge is 0.480 e. The summed E-state index contributed by atoms with van der Waals surface area (Å²) in [6.07, 6.45) is 1.78. The maximum absolute atomic E-state index is 12.7.